The van der Waals surface area contributed by atoms with Crippen LogP contribution in [0.25, 0.3) is 0 Å². The highest BCUT2D eigenvalue weighted by atomic mass is 79.9. The quantitative estimate of drug-likeness (QED) is 0.757. The molecule has 0 atom stereocenters. The first kappa shape index (κ1) is 18.4. The van der Waals surface area contributed by atoms with Gasteiger partial charge in [0.25, 0.3) is 0 Å². The fraction of sp³-hybridized carbons (Fsp3) is 0.438. The summed E-state index contributed by atoms with van der Waals surface area (Å²) in [6.45, 7) is 3.16. The molecule has 0 amide bonds. The average Bonchev–Trinajstić information content (AvgIpc) is 3.01. The van der Waals surface area contributed by atoms with Gasteiger partial charge < -0.3 is 14.6 Å². The number of pyridine rings is 1. The molecule has 7 nitrogen and oxygen atoms in total. The van der Waals surface area contributed by atoms with Crippen molar-refractivity contribution >= 4 is 31.8 Å². The first-order chi connectivity index (χ1) is 11.9. The highest BCUT2D eigenvalue weighted by Crippen LogP contribution is 2.18. The summed E-state index contributed by atoms with van der Waals surface area (Å²) in [5, 5.41) is 3.16. The topological polar surface area (TPSA) is 78.7 Å². The second kappa shape index (κ2) is 7.86. The standard InChI is InChI=1S/C16H21BrN4O3S/c1-20-8-10-21(11-9-20)25(22,23)14-3-5-16(19-12-14)18-7-6-13-2-4-15(17)24-13/h2-5,12H,6-11H2,1H3,(H,18,19). The summed E-state index contributed by atoms with van der Waals surface area (Å²) in [5.41, 5.74) is 0. The lowest BCUT2D eigenvalue weighted by Crippen LogP contribution is -2.47. The van der Waals surface area contributed by atoms with E-state index < -0.39 is 10.0 Å². The molecule has 0 unspecified atom stereocenters. The molecule has 1 aliphatic heterocycles. The van der Waals surface area contributed by atoms with E-state index in [-0.39, 0.29) is 4.90 Å². The van der Waals surface area contributed by atoms with E-state index in [1.165, 1.54) is 10.5 Å². The van der Waals surface area contributed by atoms with Crippen LogP contribution in [0.2, 0.25) is 0 Å². The van der Waals surface area contributed by atoms with Crippen molar-refractivity contribution in [2.24, 2.45) is 0 Å². The molecule has 2 aromatic heterocycles. The Morgan fingerprint density at radius 3 is 2.56 bits per heavy atom. The zero-order chi connectivity index (χ0) is 17.9. The van der Waals surface area contributed by atoms with E-state index in [1.54, 1.807) is 12.1 Å². The van der Waals surface area contributed by atoms with E-state index >= 15 is 0 Å². The van der Waals surface area contributed by atoms with Crippen molar-refractivity contribution < 1.29 is 12.8 Å². The predicted octanol–water partition coefficient (Wildman–Crippen LogP) is 2.03. The summed E-state index contributed by atoms with van der Waals surface area (Å²) in [5.74, 6) is 1.51. The fourth-order valence-electron chi connectivity index (χ4n) is 2.61. The van der Waals surface area contributed by atoms with E-state index in [0.717, 1.165) is 18.8 Å². The van der Waals surface area contributed by atoms with Crippen LogP contribution >= 0.6 is 15.9 Å². The van der Waals surface area contributed by atoms with E-state index in [9.17, 15) is 8.42 Å². The minimum atomic E-state index is -3.47. The molecule has 0 radical (unpaired) electrons. The van der Waals surface area contributed by atoms with Gasteiger partial charge in [0, 0.05) is 45.3 Å². The van der Waals surface area contributed by atoms with Crippen molar-refractivity contribution in [3.63, 3.8) is 0 Å². The van der Waals surface area contributed by atoms with Gasteiger partial charge in [-0.2, -0.15) is 4.31 Å². The molecular weight excluding hydrogens is 408 g/mol. The van der Waals surface area contributed by atoms with Gasteiger partial charge in [0.15, 0.2) is 4.67 Å². The van der Waals surface area contributed by atoms with Gasteiger partial charge in [0.1, 0.15) is 16.5 Å². The van der Waals surface area contributed by atoms with Crippen LogP contribution in [0.3, 0.4) is 0 Å². The number of nitrogens with one attached hydrogen (secondary N) is 1. The zero-order valence-corrected chi connectivity index (χ0v) is 16.4. The lowest BCUT2D eigenvalue weighted by atomic mass is 10.3. The molecule has 1 aliphatic rings. The Morgan fingerprint density at radius 1 is 1.20 bits per heavy atom. The van der Waals surface area contributed by atoms with Crippen molar-refractivity contribution in [2.75, 3.05) is 45.1 Å². The molecular formula is C16H21BrN4O3S. The van der Waals surface area contributed by atoms with Crippen LogP contribution in [0.5, 0.6) is 0 Å². The third-order valence-corrected chi connectivity index (χ3v) is 6.45. The maximum absolute atomic E-state index is 12.6. The molecule has 0 aromatic carbocycles. The number of furan rings is 1. The third-order valence-electron chi connectivity index (χ3n) is 4.14. The highest BCUT2D eigenvalue weighted by Gasteiger charge is 2.27. The van der Waals surface area contributed by atoms with Crippen LogP contribution in [-0.2, 0) is 16.4 Å². The van der Waals surface area contributed by atoms with Crippen LogP contribution in [0.15, 0.2) is 44.4 Å². The van der Waals surface area contributed by atoms with Crippen LogP contribution in [0.4, 0.5) is 5.82 Å². The highest BCUT2D eigenvalue weighted by molar-refractivity contribution is 9.10. The van der Waals surface area contributed by atoms with Crippen molar-refractivity contribution in [1.82, 2.24) is 14.2 Å². The summed E-state index contributed by atoms with van der Waals surface area (Å²) >= 11 is 3.27. The second-order valence-corrected chi connectivity index (χ2v) is 8.69. The molecule has 0 spiro atoms. The number of piperazine rings is 1. The number of aromatic nitrogens is 1. The normalized spacial score (nSPS) is 16.9. The molecule has 2 aromatic rings. The number of likely N-dealkylation sites (N-methyl/N-ethyl adjacent to an activating group) is 1. The summed E-state index contributed by atoms with van der Waals surface area (Å²) in [6.07, 6.45) is 2.13. The predicted molar refractivity (Wildman–Crippen MR) is 99.1 cm³/mol. The molecule has 1 saturated heterocycles. The van der Waals surface area contributed by atoms with Gasteiger partial charge in [-0.3, -0.25) is 0 Å². The van der Waals surface area contributed by atoms with Gasteiger partial charge in [-0.25, -0.2) is 13.4 Å². The Balaban J connectivity index is 1.57. The van der Waals surface area contributed by atoms with Gasteiger partial charge in [0.2, 0.25) is 10.0 Å². The van der Waals surface area contributed by atoms with Crippen molar-refractivity contribution in [2.45, 2.75) is 11.3 Å². The monoisotopic (exact) mass is 428 g/mol. The van der Waals surface area contributed by atoms with Gasteiger partial charge in [0.05, 0.1) is 0 Å². The third kappa shape index (κ3) is 4.60. The van der Waals surface area contributed by atoms with E-state index in [0.29, 0.717) is 36.5 Å². The van der Waals surface area contributed by atoms with Crippen LogP contribution in [-0.4, -0.2) is 62.4 Å². The van der Waals surface area contributed by atoms with Crippen molar-refractivity contribution in [1.29, 1.82) is 0 Å². The number of hydrogen-bond donors (Lipinski definition) is 1. The van der Waals surface area contributed by atoms with Crippen molar-refractivity contribution in [3.8, 4) is 0 Å². The number of rotatable bonds is 6. The van der Waals surface area contributed by atoms with Gasteiger partial charge in [-0.05, 0) is 47.2 Å². The molecule has 1 fully saturated rings. The number of sulfonamides is 1. The van der Waals surface area contributed by atoms with E-state index in [1.807, 2.05) is 19.2 Å². The number of nitrogens with zero attached hydrogens (tertiary/aromatic N) is 3. The lowest BCUT2D eigenvalue weighted by molar-refractivity contribution is 0.222. The average molecular weight is 429 g/mol. The molecule has 0 saturated carbocycles. The maximum atomic E-state index is 12.6. The first-order valence-electron chi connectivity index (χ1n) is 8.08. The number of halogens is 1. The Kier molecular flexibility index (Phi) is 5.78. The van der Waals surface area contributed by atoms with Gasteiger partial charge in [-0.1, -0.05) is 0 Å². The Morgan fingerprint density at radius 2 is 1.96 bits per heavy atom. The van der Waals surface area contributed by atoms with Crippen LogP contribution in [0.1, 0.15) is 5.76 Å². The lowest BCUT2D eigenvalue weighted by Gasteiger charge is -2.31. The molecule has 9 heteroatoms. The molecule has 136 valence electrons. The summed E-state index contributed by atoms with van der Waals surface area (Å²) in [6, 6.07) is 7.06. The fourth-order valence-corrected chi connectivity index (χ4v) is 4.32. The zero-order valence-electron chi connectivity index (χ0n) is 14.0. The summed E-state index contributed by atoms with van der Waals surface area (Å²) < 4.78 is 32.9. The largest absolute Gasteiger partial charge is 0.454 e. The number of anilines is 1. The minimum Gasteiger partial charge on any atom is -0.454 e. The SMILES string of the molecule is CN1CCN(S(=O)(=O)c2ccc(NCCc3ccc(Br)o3)nc2)CC1. The molecule has 1 N–H and O–H groups in total. The second-order valence-electron chi connectivity index (χ2n) is 5.97. The maximum Gasteiger partial charge on any atom is 0.244 e. The Hall–Kier alpha value is -1.42. The molecule has 0 aliphatic carbocycles. The molecule has 3 heterocycles. The molecule has 3 rings (SSSR count). The Labute approximate surface area is 156 Å². The van der Waals surface area contributed by atoms with Crippen LogP contribution in [0, 0.1) is 0 Å². The van der Waals surface area contributed by atoms with Crippen LogP contribution < -0.4 is 5.32 Å². The van der Waals surface area contributed by atoms with E-state index in [4.69, 9.17) is 4.42 Å². The minimum absolute atomic E-state index is 0.234. The van der Waals surface area contributed by atoms with Crippen molar-refractivity contribution in [3.05, 3.63) is 40.9 Å². The summed E-state index contributed by atoms with van der Waals surface area (Å²) in [4.78, 5) is 6.58. The molecule has 0 bridgehead atoms. The Bertz CT molecular complexity index is 799. The van der Waals surface area contributed by atoms with Gasteiger partial charge in [-0.15, -0.1) is 0 Å². The first-order valence-corrected chi connectivity index (χ1v) is 10.3. The smallest absolute Gasteiger partial charge is 0.244 e. The summed E-state index contributed by atoms with van der Waals surface area (Å²) in [7, 11) is -1.47. The van der Waals surface area contributed by atoms with E-state index in [2.05, 4.69) is 31.1 Å². The van der Waals surface area contributed by atoms with Gasteiger partial charge >= 0.3 is 0 Å². The number of hydrogen-bond acceptors (Lipinski definition) is 6. The molecule has 25 heavy (non-hydrogen) atoms.